The van der Waals surface area contributed by atoms with Crippen molar-refractivity contribution in [2.45, 2.75) is 76.4 Å². The van der Waals surface area contributed by atoms with Gasteiger partial charge in [-0.25, -0.2) is 8.78 Å². The van der Waals surface area contributed by atoms with Crippen molar-refractivity contribution in [3.8, 4) is 0 Å². The molecule has 2 aliphatic rings. The molecule has 1 N–H and O–H groups in total. The molecule has 0 radical (unpaired) electrons. The molecule has 1 aromatic carbocycles. The van der Waals surface area contributed by atoms with Crippen molar-refractivity contribution in [3.63, 3.8) is 0 Å². The molecule has 26 heavy (non-hydrogen) atoms. The summed E-state index contributed by atoms with van der Waals surface area (Å²) < 4.78 is 41.4. The number of carbonyl (C=O) groups is 1. The maximum atomic E-state index is 14.8. The second-order valence-electron chi connectivity index (χ2n) is 8.48. The van der Waals surface area contributed by atoms with E-state index in [2.05, 4.69) is 0 Å². The third-order valence-electron chi connectivity index (χ3n) is 6.02. The molecule has 1 saturated heterocycles. The summed E-state index contributed by atoms with van der Waals surface area (Å²) in [6, 6.07) is 2.58. The molecule has 1 saturated carbocycles. The molecule has 1 aromatic rings. The average molecular weight is 366 g/mol. The molecular weight excluding hydrogens is 341 g/mol. The second kappa shape index (κ2) is 6.31. The van der Waals surface area contributed by atoms with Crippen molar-refractivity contribution >= 4 is 18.6 Å². The maximum Gasteiger partial charge on any atom is 0.495 e. The Labute approximate surface area is 153 Å². The molecule has 4 nitrogen and oxygen atoms in total. The summed E-state index contributed by atoms with van der Waals surface area (Å²) in [6.07, 6.45) is 2.25. The van der Waals surface area contributed by atoms with Crippen LogP contribution in [-0.2, 0) is 19.5 Å². The molecule has 2 fully saturated rings. The van der Waals surface area contributed by atoms with Gasteiger partial charge in [0.15, 0.2) is 0 Å². The van der Waals surface area contributed by atoms with Gasteiger partial charge in [-0.1, -0.05) is 0 Å². The number of rotatable bonds is 6. The highest BCUT2D eigenvalue weighted by atomic mass is 19.1. The first-order valence-corrected chi connectivity index (χ1v) is 9.04. The Morgan fingerprint density at radius 2 is 1.62 bits per heavy atom. The van der Waals surface area contributed by atoms with Crippen LogP contribution in [0.5, 0.6) is 0 Å². The van der Waals surface area contributed by atoms with E-state index in [1.54, 1.807) is 0 Å². The van der Waals surface area contributed by atoms with Crippen LogP contribution >= 0.6 is 0 Å². The Morgan fingerprint density at radius 1 is 1.12 bits per heavy atom. The van der Waals surface area contributed by atoms with Crippen LogP contribution in [0, 0.1) is 11.6 Å². The molecule has 0 atom stereocenters. The van der Waals surface area contributed by atoms with Gasteiger partial charge < -0.3 is 14.4 Å². The maximum absolute atomic E-state index is 14.8. The van der Waals surface area contributed by atoms with Gasteiger partial charge in [-0.2, -0.15) is 0 Å². The van der Waals surface area contributed by atoms with E-state index in [0.717, 1.165) is 0 Å². The standard InChI is InChI=1S/C19H25BF2O4/c1-17(2)18(3,4)26-20(25-17)12-10-13(21)16(14(22)11-12)19(8-9-19)7-5-6-15(23)24/h10-11H,5-9H2,1-4H3,(H,23,24). The van der Waals surface area contributed by atoms with E-state index in [4.69, 9.17) is 14.4 Å². The number of aliphatic carboxylic acids is 1. The lowest BCUT2D eigenvalue weighted by molar-refractivity contribution is -0.137. The van der Waals surface area contributed by atoms with Crippen LogP contribution < -0.4 is 5.46 Å². The van der Waals surface area contributed by atoms with E-state index < -0.39 is 41.3 Å². The van der Waals surface area contributed by atoms with E-state index in [-0.39, 0.29) is 12.0 Å². The lowest BCUT2D eigenvalue weighted by atomic mass is 9.77. The van der Waals surface area contributed by atoms with Gasteiger partial charge in [-0.05, 0) is 71.0 Å². The molecule has 3 rings (SSSR count). The summed E-state index contributed by atoms with van der Waals surface area (Å²) in [5, 5.41) is 8.78. The van der Waals surface area contributed by atoms with Gasteiger partial charge in [0.1, 0.15) is 11.6 Å². The lowest BCUT2D eigenvalue weighted by Gasteiger charge is -2.32. The zero-order valence-electron chi connectivity index (χ0n) is 15.7. The van der Waals surface area contributed by atoms with Crippen molar-refractivity contribution < 1.29 is 28.0 Å². The highest BCUT2D eigenvalue weighted by Gasteiger charge is 2.53. The van der Waals surface area contributed by atoms with Gasteiger partial charge >= 0.3 is 13.1 Å². The van der Waals surface area contributed by atoms with Crippen molar-refractivity contribution in [1.29, 1.82) is 0 Å². The molecule has 1 aliphatic carbocycles. The minimum atomic E-state index is -0.891. The first-order valence-electron chi connectivity index (χ1n) is 9.04. The van der Waals surface area contributed by atoms with Gasteiger partial charge in [0.25, 0.3) is 0 Å². The number of hydrogen-bond donors (Lipinski definition) is 1. The van der Waals surface area contributed by atoms with Crippen LogP contribution in [0.2, 0.25) is 0 Å². The molecule has 7 heteroatoms. The van der Waals surface area contributed by atoms with E-state index in [0.29, 0.717) is 31.1 Å². The molecule has 0 bridgehead atoms. The van der Waals surface area contributed by atoms with Crippen molar-refractivity contribution in [1.82, 2.24) is 0 Å². The van der Waals surface area contributed by atoms with Crippen molar-refractivity contribution in [3.05, 3.63) is 29.3 Å². The van der Waals surface area contributed by atoms with E-state index >= 15 is 0 Å². The predicted octanol–water partition coefficient (Wildman–Crippen LogP) is 3.55. The quantitative estimate of drug-likeness (QED) is 0.783. The van der Waals surface area contributed by atoms with E-state index in [1.807, 2.05) is 27.7 Å². The Hall–Kier alpha value is -1.47. The van der Waals surface area contributed by atoms with Gasteiger partial charge in [0.05, 0.1) is 11.2 Å². The smallest absolute Gasteiger partial charge is 0.481 e. The lowest BCUT2D eigenvalue weighted by Crippen LogP contribution is -2.41. The largest absolute Gasteiger partial charge is 0.495 e. The van der Waals surface area contributed by atoms with Crippen molar-refractivity contribution in [2.75, 3.05) is 0 Å². The summed E-state index contributed by atoms with van der Waals surface area (Å²) in [7, 11) is -0.819. The SMILES string of the molecule is CC1(C)OB(c2cc(F)c(C3(CCCC(=O)O)CC3)c(F)c2)OC1(C)C. The normalized spacial score (nSPS) is 22.5. The Balaban J connectivity index is 1.83. The Morgan fingerprint density at radius 3 is 2.04 bits per heavy atom. The topological polar surface area (TPSA) is 55.8 Å². The zero-order valence-corrected chi connectivity index (χ0v) is 15.7. The minimum absolute atomic E-state index is 0.0109. The number of carboxylic acids is 1. The van der Waals surface area contributed by atoms with Gasteiger partial charge in [-0.3, -0.25) is 4.79 Å². The molecule has 142 valence electrons. The number of benzene rings is 1. The number of carboxylic acid groups (broad SMARTS) is 1. The average Bonchev–Trinajstić information content (AvgIpc) is 3.20. The fourth-order valence-corrected chi connectivity index (χ4v) is 3.57. The highest BCUT2D eigenvalue weighted by molar-refractivity contribution is 6.62. The second-order valence-corrected chi connectivity index (χ2v) is 8.48. The van der Waals surface area contributed by atoms with Crippen LogP contribution in [0.4, 0.5) is 8.78 Å². The molecule has 0 unspecified atom stereocenters. The van der Waals surface area contributed by atoms with Crippen LogP contribution in [0.25, 0.3) is 0 Å². The van der Waals surface area contributed by atoms with Crippen molar-refractivity contribution in [2.24, 2.45) is 0 Å². The predicted molar refractivity (Wildman–Crippen MR) is 94.5 cm³/mol. The third kappa shape index (κ3) is 3.39. The molecule has 1 aliphatic heterocycles. The van der Waals surface area contributed by atoms with E-state index in [9.17, 15) is 13.6 Å². The minimum Gasteiger partial charge on any atom is -0.481 e. The van der Waals surface area contributed by atoms with Gasteiger partial charge in [-0.15, -0.1) is 0 Å². The summed E-state index contributed by atoms with van der Waals surface area (Å²) in [5.74, 6) is -2.11. The molecule has 0 spiro atoms. The van der Waals surface area contributed by atoms with Crippen LogP contribution in [-0.4, -0.2) is 29.4 Å². The van der Waals surface area contributed by atoms with Gasteiger partial charge in [0.2, 0.25) is 0 Å². The van der Waals surface area contributed by atoms with Crippen LogP contribution in [0.1, 0.15) is 65.4 Å². The molecule has 1 heterocycles. The molecule has 0 aromatic heterocycles. The van der Waals surface area contributed by atoms with E-state index in [1.165, 1.54) is 12.1 Å². The highest BCUT2D eigenvalue weighted by Crippen LogP contribution is 2.53. The zero-order chi connectivity index (χ0) is 19.3. The first kappa shape index (κ1) is 19.3. The van der Waals surface area contributed by atoms with Gasteiger partial charge in [0, 0.05) is 17.4 Å². The Kier molecular flexibility index (Phi) is 4.68. The summed E-state index contributed by atoms with van der Waals surface area (Å²) in [5.41, 5.74) is -1.35. The number of halogens is 2. The summed E-state index contributed by atoms with van der Waals surface area (Å²) >= 11 is 0. The fraction of sp³-hybridized carbons (Fsp3) is 0.632. The molecule has 0 amide bonds. The Bertz CT molecular complexity index is 689. The van der Waals surface area contributed by atoms with Crippen LogP contribution in [0.15, 0.2) is 12.1 Å². The summed E-state index contributed by atoms with van der Waals surface area (Å²) in [4.78, 5) is 10.7. The first-order chi connectivity index (χ1) is 12.0. The summed E-state index contributed by atoms with van der Waals surface area (Å²) in [6.45, 7) is 7.54. The third-order valence-corrected chi connectivity index (χ3v) is 6.02. The monoisotopic (exact) mass is 366 g/mol. The number of hydrogen-bond acceptors (Lipinski definition) is 3. The fourth-order valence-electron chi connectivity index (χ4n) is 3.57. The van der Waals surface area contributed by atoms with Crippen LogP contribution in [0.3, 0.4) is 0 Å². The molecular formula is C19H25BF2O4.